The van der Waals surface area contributed by atoms with Crippen molar-refractivity contribution < 1.29 is 0 Å². The minimum absolute atomic E-state index is 0.473. The van der Waals surface area contributed by atoms with Crippen LogP contribution in [0.1, 0.15) is 19.5 Å². The molecule has 0 spiro atoms. The van der Waals surface area contributed by atoms with Crippen LogP contribution in [0.25, 0.3) is 11.0 Å². The first-order valence-electron chi connectivity index (χ1n) is 4.20. The molecule has 0 unspecified atom stereocenters. The highest BCUT2D eigenvalue weighted by atomic mass is 15.2. The fourth-order valence-corrected chi connectivity index (χ4v) is 1.03. The Kier molecular flexibility index (Phi) is 2.79. The largest absolute Gasteiger partial charge is 0.383 e. The fourth-order valence-electron chi connectivity index (χ4n) is 1.03. The van der Waals surface area contributed by atoms with Crippen molar-refractivity contribution in [3.63, 3.8) is 0 Å². The fraction of sp³-hybridized carbons (Fsp3) is 0.375. The summed E-state index contributed by atoms with van der Waals surface area (Å²) in [6.07, 6.45) is 1.40. The molecule has 0 bridgehead atoms. The number of nitrogen functional groups attached to an aromatic ring is 1. The van der Waals surface area contributed by atoms with Gasteiger partial charge in [0, 0.05) is 5.69 Å². The molecule has 0 fully saturated rings. The summed E-state index contributed by atoms with van der Waals surface area (Å²) >= 11 is 0. The number of H-pyrrole nitrogens is 1. The predicted octanol–water partition coefficient (Wildman–Crippen LogP) is 1.27. The number of hydrogen-bond acceptors (Lipinski definition) is 4. The van der Waals surface area contributed by atoms with Crippen LogP contribution >= 0.6 is 0 Å². The molecule has 2 heterocycles. The second kappa shape index (κ2) is 3.84. The molecular formula is C8H13N5. The van der Waals surface area contributed by atoms with E-state index in [-0.39, 0.29) is 0 Å². The first-order valence-corrected chi connectivity index (χ1v) is 4.20. The van der Waals surface area contributed by atoms with Crippen molar-refractivity contribution >= 4 is 16.9 Å². The number of rotatable bonds is 0. The summed E-state index contributed by atoms with van der Waals surface area (Å²) in [7, 11) is 0. The lowest BCUT2D eigenvalue weighted by Crippen LogP contribution is -1.91. The minimum Gasteiger partial charge on any atom is -0.383 e. The molecule has 3 N–H and O–H groups in total. The van der Waals surface area contributed by atoms with E-state index in [2.05, 4.69) is 20.2 Å². The van der Waals surface area contributed by atoms with Gasteiger partial charge in [0.15, 0.2) is 5.65 Å². The molecule has 0 amide bonds. The number of fused-ring (bicyclic) bond motifs is 1. The highest BCUT2D eigenvalue weighted by molar-refractivity contribution is 5.87. The van der Waals surface area contributed by atoms with Gasteiger partial charge in [-0.3, -0.25) is 5.10 Å². The molecule has 5 heteroatoms. The normalized spacial score (nSPS) is 9.46. The van der Waals surface area contributed by atoms with Crippen LogP contribution in [-0.4, -0.2) is 20.2 Å². The van der Waals surface area contributed by atoms with E-state index in [4.69, 9.17) is 5.73 Å². The summed E-state index contributed by atoms with van der Waals surface area (Å²) in [5.74, 6) is 0.473. The molecule has 2 aromatic rings. The second-order valence-corrected chi connectivity index (χ2v) is 2.31. The van der Waals surface area contributed by atoms with Gasteiger partial charge < -0.3 is 5.73 Å². The Morgan fingerprint density at radius 1 is 1.31 bits per heavy atom. The summed E-state index contributed by atoms with van der Waals surface area (Å²) in [5, 5.41) is 7.52. The van der Waals surface area contributed by atoms with Crippen LogP contribution in [0.15, 0.2) is 6.33 Å². The SMILES string of the molecule is CC.Cc1[nH]nc2ncnc(N)c12. The van der Waals surface area contributed by atoms with E-state index in [1.54, 1.807) is 0 Å². The van der Waals surface area contributed by atoms with Gasteiger partial charge in [-0.15, -0.1) is 0 Å². The van der Waals surface area contributed by atoms with Gasteiger partial charge in [-0.2, -0.15) is 5.10 Å². The lowest BCUT2D eigenvalue weighted by atomic mass is 10.3. The van der Waals surface area contributed by atoms with Gasteiger partial charge in [0.1, 0.15) is 12.1 Å². The third-order valence-electron chi connectivity index (χ3n) is 1.56. The highest BCUT2D eigenvalue weighted by Crippen LogP contribution is 2.16. The van der Waals surface area contributed by atoms with Gasteiger partial charge in [-0.05, 0) is 6.92 Å². The Morgan fingerprint density at radius 3 is 2.62 bits per heavy atom. The second-order valence-electron chi connectivity index (χ2n) is 2.31. The van der Waals surface area contributed by atoms with Gasteiger partial charge in [-0.1, -0.05) is 13.8 Å². The third kappa shape index (κ3) is 1.58. The summed E-state index contributed by atoms with van der Waals surface area (Å²) in [6.45, 7) is 5.88. The van der Waals surface area contributed by atoms with Gasteiger partial charge in [0.25, 0.3) is 0 Å². The molecule has 0 radical (unpaired) electrons. The van der Waals surface area contributed by atoms with E-state index >= 15 is 0 Å². The number of aryl methyl sites for hydroxylation is 1. The maximum atomic E-state index is 5.59. The lowest BCUT2D eigenvalue weighted by molar-refractivity contribution is 1.05. The van der Waals surface area contributed by atoms with E-state index in [0.717, 1.165) is 11.1 Å². The van der Waals surface area contributed by atoms with Crippen molar-refractivity contribution in [2.75, 3.05) is 5.73 Å². The molecule has 2 rings (SSSR count). The van der Waals surface area contributed by atoms with Crippen molar-refractivity contribution in [3.8, 4) is 0 Å². The molecular weight excluding hydrogens is 166 g/mol. The molecule has 70 valence electrons. The van der Waals surface area contributed by atoms with Crippen molar-refractivity contribution in [3.05, 3.63) is 12.0 Å². The molecule has 0 aliphatic heterocycles. The molecule has 0 saturated carbocycles. The number of nitrogens with one attached hydrogen (secondary N) is 1. The van der Waals surface area contributed by atoms with E-state index in [9.17, 15) is 0 Å². The van der Waals surface area contributed by atoms with Crippen LogP contribution in [0.4, 0.5) is 5.82 Å². The van der Waals surface area contributed by atoms with Crippen molar-refractivity contribution in [1.29, 1.82) is 0 Å². The van der Waals surface area contributed by atoms with E-state index in [1.165, 1.54) is 6.33 Å². The number of anilines is 1. The number of aromatic amines is 1. The molecule has 0 atom stereocenters. The van der Waals surface area contributed by atoms with Gasteiger partial charge in [0.2, 0.25) is 0 Å². The number of hydrogen-bond donors (Lipinski definition) is 2. The van der Waals surface area contributed by atoms with Crippen molar-refractivity contribution in [2.45, 2.75) is 20.8 Å². The van der Waals surface area contributed by atoms with Crippen LogP contribution in [0, 0.1) is 6.92 Å². The van der Waals surface area contributed by atoms with Crippen molar-refractivity contribution in [1.82, 2.24) is 20.2 Å². The zero-order chi connectivity index (χ0) is 9.84. The first-order chi connectivity index (χ1) is 6.29. The average molecular weight is 179 g/mol. The topological polar surface area (TPSA) is 80.5 Å². The van der Waals surface area contributed by atoms with Gasteiger partial charge in [0.05, 0.1) is 5.39 Å². The number of nitrogens with zero attached hydrogens (tertiary/aromatic N) is 3. The van der Waals surface area contributed by atoms with Crippen LogP contribution in [0.3, 0.4) is 0 Å². The van der Waals surface area contributed by atoms with Gasteiger partial charge >= 0.3 is 0 Å². The molecule has 13 heavy (non-hydrogen) atoms. The zero-order valence-electron chi connectivity index (χ0n) is 8.00. The van der Waals surface area contributed by atoms with E-state index in [1.807, 2.05) is 20.8 Å². The van der Waals surface area contributed by atoms with Crippen LogP contribution in [0.5, 0.6) is 0 Å². The summed E-state index contributed by atoms with van der Waals surface area (Å²) in [4.78, 5) is 7.78. The Labute approximate surface area is 76.4 Å². The molecule has 5 nitrogen and oxygen atoms in total. The minimum atomic E-state index is 0.473. The maximum Gasteiger partial charge on any atom is 0.186 e. The van der Waals surface area contributed by atoms with E-state index < -0.39 is 0 Å². The predicted molar refractivity (Wildman–Crippen MR) is 52.2 cm³/mol. The van der Waals surface area contributed by atoms with Crippen molar-refractivity contribution in [2.24, 2.45) is 0 Å². The highest BCUT2D eigenvalue weighted by Gasteiger charge is 2.05. The lowest BCUT2D eigenvalue weighted by Gasteiger charge is -1.91. The summed E-state index contributed by atoms with van der Waals surface area (Å²) < 4.78 is 0. The van der Waals surface area contributed by atoms with Crippen LogP contribution in [0.2, 0.25) is 0 Å². The smallest absolute Gasteiger partial charge is 0.186 e. The van der Waals surface area contributed by atoms with Crippen LogP contribution in [-0.2, 0) is 0 Å². The first kappa shape index (κ1) is 9.44. The Balaban J connectivity index is 0.000000396. The quantitative estimate of drug-likeness (QED) is 0.638. The average Bonchev–Trinajstić information content (AvgIpc) is 2.53. The number of nitrogens with two attached hydrogens (primary N) is 1. The summed E-state index contributed by atoms with van der Waals surface area (Å²) in [6, 6.07) is 0. The third-order valence-corrected chi connectivity index (χ3v) is 1.56. The summed E-state index contributed by atoms with van der Waals surface area (Å²) in [5.41, 5.74) is 7.11. The molecule has 0 aliphatic carbocycles. The zero-order valence-corrected chi connectivity index (χ0v) is 8.00. The Bertz CT molecular complexity index is 392. The Hall–Kier alpha value is -1.65. The number of aromatic nitrogens is 4. The Morgan fingerprint density at radius 2 is 2.00 bits per heavy atom. The van der Waals surface area contributed by atoms with Gasteiger partial charge in [-0.25, -0.2) is 9.97 Å². The van der Waals surface area contributed by atoms with E-state index in [0.29, 0.717) is 11.5 Å². The molecule has 0 aromatic carbocycles. The standard InChI is InChI=1S/C6H7N5.C2H6/c1-3-4-5(7)8-2-9-6(4)11-10-3;1-2/h2H,1H3,(H3,7,8,9,10,11);1-2H3. The molecule has 0 aliphatic rings. The van der Waals surface area contributed by atoms with Crippen LogP contribution < -0.4 is 5.73 Å². The maximum absolute atomic E-state index is 5.59. The monoisotopic (exact) mass is 179 g/mol. The molecule has 2 aromatic heterocycles. The molecule has 0 saturated heterocycles.